The second-order valence-electron chi connectivity index (χ2n) is 4.41. The van der Waals surface area contributed by atoms with Crippen molar-refractivity contribution in [3.05, 3.63) is 35.9 Å². The number of anilines is 1. The molecule has 0 bridgehead atoms. The number of hydrogen-bond donors (Lipinski definition) is 1. The lowest BCUT2D eigenvalue weighted by atomic mass is 10.1. The van der Waals surface area contributed by atoms with Crippen molar-refractivity contribution in [1.82, 2.24) is 15.0 Å². The average molecular weight is 267 g/mol. The Hall–Kier alpha value is -2.48. The van der Waals surface area contributed by atoms with Crippen LogP contribution >= 0.6 is 0 Å². The summed E-state index contributed by atoms with van der Waals surface area (Å²) in [5.74, 6) is 1.60. The summed E-state index contributed by atoms with van der Waals surface area (Å²) in [6.07, 6.45) is 5.06. The van der Waals surface area contributed by atoms with Crippen LogP contribution < -0.4 is 5.32 Å². The van der Waals surface area contributed by atoms with E-state index in [4.69, 9.17) is 5.26 Å². The summed E-state index contributed by atoms with van der Waals surface area (Å²) >= 11 is 0. The predicted octanol–water partition coefficient (Wildman–Crippen LogP) is 2.79. The first kappa shape index (κ1) is 13.9. The maximum absolute atomic E-state index is 8.95. The van der Waals surface area contributed by atoms with Crippen molar-refractivity contribution in [2.75, 3.05) is 11.9 Å². The molecule has 0 fully saturated rings. The maximum Gasteiger partial charge on any atom is 0.131 e. The van der Waals surface area contributed by atoms with Crippen molar-refractivity contribution in [3.63, 3.8) is 0 Å². The fourth-order valence-corrected chi connectivity index (χ4v) is 1.79. The lowest BCUT2D eigenvalue weighted by Crippen LogP contribution is -2.05. The maximum atomic E-state index is 8.95. The van der Waals surface area contributed by atoms with E-state index >= 15 is 0 Å². The van der Waals surface area contributed by atoms with Gasteiger partial charge in [-0.25, -0.2) is 9.97 Å². The minimum absolute atomic E-state index is 0.530. The largest absolute Gasteiger partial charge is 0.370 e. The standard InChI is InChI=1S/C15H17N5/c1-3-5-18-15-7-13(19-14(4-2)20-15)12-6-11(8-16)9-17-10-12/h6-7,9-10H,3-5H2,1-2H3,(H,18,19,20). The Labute approximate surface area is 118 Å². The van der Waals surface area contributed by atoms with Crippen molar-refractivity contribution >= 4 is 5.82 Å². The molecule has 102 valence electrons. The molecule has 2 aromatic rings. The molecule has 0 aromatic carbocycles. The number of aromatic nitrogens is 3. The Morgan fingerprint density at radius 3 is 2.75 bits per heavy atom. The molecule has 0 spiro atoms. The fourth-order valence-electron chi connectivity index (χ4n) is 1.79. The van der Waals surface area contributed by atoms with E-state index in [1.165, 1.54) is 0 Å². The minimum Gasteiger partial charge on any atom is -0.370 e. The van der Waals surface area contributed by atoms with Crippen LogP contribution in [0.3, 0.4) is 0 Å². The van der Waals surface area contributed by atoms with E-state index in [1.807, 2.05) is 13.0 Å². The van der Waals surface area contributed by atoms with Crippen LogP contribution in [0.4, 0.5) is 5.82 Å². The van der Waals surface area contributed by atoms with Gasteiger partial charge in [0.15, 0.2) is 0 Å². The van der Waals surface area contributed by atoms with Crippen molar-refractivity contribution in [3.8, 4) is 17.3 Å². The van der Waals surface area contributed by atoms with E-state index in [0.29, 0.717) is 5.56 Å². The highest BCUT2D eigenvalue weighted by Crippen LogP contribution is 2.20. The molecule has 0 atom stereocenters. The summed E-state index contributed by atoms with van der Waals surface area (Å²) in [4.78, 5) is 13.0. The summed E-state index contributed by atoms with van der Waals surface area (Å²) in [5.41, 5.74) is 2.16. The molecule has 2 rings (SSSR count). The van der Waals surface area contributed by atoms with Crippen LogP contribution in [0.25, 0.3) is 11.3 Å². The number of aryl methyl sites for hydroxylation is 1. The second kappa shape index (κ2) is 6.62. The Balaban J connectivity index is 2.41. The molecule has 0 aliphatic rings. The second-order valence-corrected chi connectivity index (χ2v) is 4.41. The third kappa shape index (κ3) is 3.29. The van der Waals surface area contributed by atoms with Crippen molar-refractivity contribution in [2.45, 2.75) is 26.7 Å². The van der Waals surface area contributed by atoms with Crippen LogP contribution in [0.5, 0.6) is 0 Å². The van der Waals surface area contributed by atoms with Gasteiger partial charge in [0.2, 0.25) is 0 Å². The van der Waals surface area contributed by atoms with Gasteiger partial charge in [-0.3, -0.25) is 4.98 Å². The summed E-state index contributed by atoms with van der Waals surface area (Å²) in [6.45, 7) is 5.00. The Morgan fingerprint density at radius 2 is 2.05 bits per heavy atom. The van der Waals surface area contributed by atoms with Crippen LogP contribution in [-0.4, -0.2) is 21.5 Å². The van der Waals surface area contributed by atoms with Crippen LogP contribution in [0.1, 0.15) is 31.7 Å². The third-order valence-electron chi connectivity index (χ3n) is 2.81. The van der Waals surface area contributed by atoms with E-state index < -0.39 is 0 Å². The zero-order valence-corrected chi connectivity index (χ0v) is 11.7. The Morgan fingerprint density at radius 1 is 1.20 bits per heavy atom. The molecule has 1 N–H and O–H groups in total. The molecule has 2 aromatic heterocycles. The number of rotatable bonds is 5. The monoisotopic (exact) mass is 267 g/mol. The van der Waals surface area contributed by atoms with Gasteiger partial charge in [0.05, 0.1) is 11.3 Å². The molecule has 2 heterocycles. The van der Waals surface area contributed by atoms with Gasteiger partial charge in [0, 0.05) is 37.0 Å². The van der Waals surface area contributed by atoms with E-state index in [2.05, 4.69) is 33.3 Å². The normalized spacial score (nSPS) is 10.1. The molecule has 0 unspecified atom stereocenters. The number of hydrogen-bond acceptors (Lipinski definition) is 5. The van der Waals surface area contributed by atoms with E-state index in [1.54, 1.807) is 18.5 Å². The Bertz CT molecular complexity index is 630. The van der Waals surface area contributed by atoms with Crippen molar-refractivity contribution in [1.29, 1.82) is 5.26 Å². The van der Waals surface area contributed by atoms with Gasteiger partial charge >= 0.3 is 0 Å². The van der Waals surface area contributed by atoms with E-state index in [9.17, 15) is 0 Å². The molecule has 0 amide bonds. The molecule has 20 heavy (non-hydrogen) atoms. The van der Waals surface area contributed by atoms with Gasteiger partial charge in [-0.05, 0) is 12.5 Å². The van der Waals surface area contributed by atoms with Gasteiger partial charge < -0.3 is 5.32 Å². The minimum atomic E-state index is 0.530. The summed E-state index contributed by atoms with van der Waals surface area (Å²) < 4.78 is 0. The van der Waals surface area contributed by atoms with Gasteiger partial charge in [0.25, 0.3) is 0 Å². The van der Waals surface area contributed by atoms with Crippen LogP contribution in [-0.2, 0) is 6.42 Å². The van der Waals surface area contributed by atoms with Crippen molar-refractivity contribution in [2.24, 2.45) is 0 Å². The fraction of sp³-hybridized carbons (Fsp3) is 0.333. The molecule has 0 saturated heterocycles. The number of pyridine rings is 1. The average Bonchev–Trinajstić information content (AvgIpc) is 2.52. The molecule has 0 aliphatic heterocycles. The van der Waals surface area contributed by atoms with E-state index in [-0.39, 0.29) is 0 Å². The van der Waals surface area contributed by atoms with Crippen LogP contribution in [0.2, 0.25) is 0 Å². The molecule has 5 nitrogen and oxygen atoms in total. The molecule has 0 saturated carbocycles. The van der Waals surface area contributed by atoms with Crippen molar-refractivity contribution < 1.29 is 0 Å². The predicted molar refractivity (Wildman–Crippen MR) is 78.1 cm³/mol. The summed E-state index contributed by atoms with van der Waals surface area (Å²) in [6, 6.07) is 5.78. The SMILES string of the molecule is CCCNc1cc(-c2cncc(C#N)c2)nc(CC)n1. The Kier molecular flexibility index (Phi) is 4.61. The molecular weight excluding hydrogens is 250 g/mol. The van der Waals surface area contributed by atoms with Gasteiger partial charge in [0.1, 0.15) is 17.7 Å². The highest BCUT2D eigenvalue weighted by molar-refractivity contribution is 5.63. The first-order chi connectivity index (χ1) is 9.76. The highest BCUT2D eigenvalue weighted by atomic mass is 15.0. The summed E-state index contributed by atoms with van der Waals surface area (Å²) in [7, 11) is 0. The number of nitrogens with zero attached hydrogens (tertiary/aromatic N) is 4. The number of nitriles is 1. The zero-order chi connectivity index (χ0) is 14.4. The summed E-state index contributed by atoms with van der Waals surface area (Å²) in [5, 5.41) is 12.2. The van der Waals surface area contributed by atoms with Gasteiger partial charge in [-0.2, -0.15) is 5.26 Å². The lowest BCUT2D eigenvalue weighted by Gasteiger charge is -2.08. The molecule has 5 heteroatoms. The molecular formula is C15H17N5. The molecule has 0 radical (unpaired) electrons. The molecule has 0 aliphatic carbocycles. The van der Waals surface area contributed by atoms with Crippen LogP contribution in [0, 0.1) is 11.3 Å². The van der Waals surface area contributed by atoms with Crippen LogP contribution in [0.15, 0.2) is 24.5 Å². The third-order valence-corrected chi connectivity index (χ3v) is 2.81. The highest BCUT2D eigenvalue weighted by Gasteiger charge is 2.07. The lowest BCUT2D eigenvalue weighted by molar-refractivity contribution is 0.919. The van der Waals surface area contributed by atoms with Gasteiger partial charge in [-0.15, -0.1) is 0 Å². The zero-order valence-electron chi connectivity index (χ0n) is 11.7. The van der Waals surface area contributed by atoms with E-state index in [0.717, 1.165) is 42.3 Å². The van der Waals surface area contributed by atoms with Gasteiger partial charge in [-0.1, -0.05) is 13.8 Å². The topological polar surface area (TPSA) is 74.5 Å². The first-order valence-electron chi connectivity index (χ1n) is 6.74. The first-order valence-corrected chi connectivity index (χ1v) is 6.74. The quantitative estimate of drug-likeness (QED) is 0.901. The number of nitrogens with one attached hydrogen (secondary N) is 1. The smallest absolute Gasteiger partial charge is 0.131 e.